The van der Waals surface area contributed by atoms with Crippen LogP contribution < -0.4 is 0 Å². The molecular formula is C15H23N3O3. The molecule has 0 unspecified atom stereocenters. The van der Waals surface area contributed by atoms with Crippen molar-refractivity contribution in [3.05, 3.63) is 23.0 Å². The first kappa shape index (κ1) is 15.9. The summed E-state index contributed by atoms with van der Waals surface area (Å²) in [4.78, 5) is 14.2. The van der Waals surface area contributed by atoms with Gasteiger partial charge in [0.2, 0.25) is 0 Å². The number of hydrogen-bond donors (Lipinski definition) is 1. The number of aromatic nitrogens is 2. The second kappa shape index (κ2) is 6.49. The molecule has 1 saturated heterocycles. The minimum atomic E-state index is -0.857. The van der Waals surface area contributed by atoms with Crippen molar-refractivity contribution in [1.82, 2.24) is 15.1 Å². The lowest BCUT2D eigenvalue weighted by Gasteiger charge is -2.35. The van der Waals surface area contributed by atoms with Crippen molar-refractivity contribution in [1.29, 1.82) is 0 Å². The Kier molecular flexibility index (Phi) is 4.90. The Morgan fingerprint density at radius 1 is 1.43 bits per heavy atom. The van der Waals surface area contributed by atoms with Crippen LogP contribution in [0.4, 0.5) is 0 Å². The van der Waals surface area contributed by atoms with Gasteiger partial charge in [0.05, 0.1) is 22.6 Å². The molecule has 6 heteroatoms. The summed E-state index contributed by atoms with van der Waals surface area (Å²) < 4.78 is 5.26. The van der Waals surface area contributed by atoms with E-state index in [-0.39, 0.29) is 5.91 Å². The van der Waals surface area contributed by atoms with Gasteiger partial charge in [-0.1, -0.05) is 6.92 Å². The number of likely N-dealkylation sites (N-methyl/N-ethyl adjacent to an activating group) is 1. The first-order chi connectivity index (χ1) is 9.95. The van der Waals surface area contributed by atoms with E-state index in [0.717, 1.165) is 0 Å². The molecule has 2 heterocycles. The predicted molar refractivity (Wildman–Crippen MR) is 78.1 cm³/mol. The fraction of sp³-hybridized carbons (Fsp3) is 0.667. The largest absolute Gasteiger partial charge is 0.388 e. The third kappa shape index (κ3) is 3.77. The van der Waals surface area contributed by atoms with E-state index in [2.05, 4.69) is 10.2 Å². The summed E-state index contributed by atoms with van der Waals surface area (Å²) in [5.74, 6) is -0.121. The minimum absolute atomic E-state index is 0.121. The summed E-state index contributed by atoms with van der Waals surface area (Å²) in [7, 11) is 1.71. The Bertz CT molecular complexity index is 513. The molecule has 0 aromatic carbocycles. The first-order valence-corrected chi connectivity index (χ1v) is 7.34. The number of rotatable bonds is 4. The van der Waals surface area contributed by atoms with Crippen molar-refractivity contribution in [2.45, 2.75) is 38.7 Å². The topological polar surface area (TPSA) is 75.6 Å². The Labute approximate surface area is 125 Å². The molecule has 1 aromatic rings. The van der Waals surface area contributed by atoms with Crippen molar-refractivity contribution < 1.29 is 14.6 Å². The summed E-state index contributed by atoms with van der Waals surface area (Å²) in [6.45, 7) is 5.14. The average Bonchev–Trinajstić information content (AvgIpc) is 2.46. The van der Waals surface area contributed by atoms with Gasteiger partial charge in [0, 0.05) is 39.6 Å². The minimum Gasteiger partial charge on any atom is -0.388 e. The number of carbonyl (C=O) groups excluding carboxylic acids is 1. The Balaban J connectivity index is 2.13. The van der Waals surface area contributed by atoms with Gasteiger partial charge in [-0.25, -0.2) is 0 Å². The Morgan fingerprint density at radius 3 is 2.71 bits per heavy atom. The predicted octanol–water partition coefficient (Wildman–Crippen LogP) is 0.961. The normalized spacial score (nSPS) is 17.5. The molecule has 1 aliphatic heterocycles. The van der Waals surface area contributed by atoms with Gasteiger partial charge in [-0.15, -0.1) is 0 Å². The Hall–Kier alpha value is -1.53. The van der Waals surface area contributed by atoms with Gasteiger partial charge in [0.25, 0.3) is 5.91 Å². The van der Waals surface area contributed by atoms with Crippen molar-refractivity contribution in [3.8, 4) is 0 Å². The highest BCUT2D eigenvalue weighted by Crippen LogP contribution is 2.22. The standard InChI is InChI=1S/C15H23N3O3/c1-4-13-12(9-11(2)16-17-13)14(19)18(3)10-15(20)5-7-21-8-6-15/h9,20H,4-8,10H2,1-3H3. The monoisotopic (exact) mass is 293 g/mol. The van der Waals surface area contributed by atoms with Crippen LogP contribution in [0.3, 0.4) is 0 Å². The molecule has 0 atom stereocenters. The van der Waals surface area contributed by atoms with Crippen LogP contribution in [0.15, 0.2) is 6.07 Å². The van der Waals surface area contributed by atoms with Crippen molar-refractivity contribution in [2.75, 3.05) is 26.8 Å². The van der Waals surface area contributed by atoms with Crippen molar-refractivity contribution in [3.63, 3.8) is 0 Å². The number of aryl methyl sites for hydroxylation is 2. The maximum Gasteiger partial charge on any atom is 0.255 e. The lowest BCUT2D eigenvalue weighted by molar-refractivity contribution is -0.0734. The highest BCUT2D eigenvalue weighted by atomic mass is 16.5. The van der Waals surface area contributed by atoms with E-state index in [0.29, 0.717) is 56.0 Å². The lowest BCUT2D eigenvalue weighted by atomic mass is 9.93. The van der Waals surface area contributed by atoms with Gasteiger partial charge >= 0.3 is 0 Å². The molecule has 1 aromatic heterocycles. The third-order valence-corrected chi connectivity index (χ3v) is 3.86. The molecule has 1 amide bonds. The van der Waals surface area contributed by atoms with Crippen LogP contribution in [0.2, 0.25) is 0 Å². The lowest BCUT2D eigenvalue weighted by Crippen LogP contribution is -2.47. The molecule has 21 heavy (non-hydrogen) atoms. The molecule has 0 spiro atoms. The first-order valence-electron chi connectivity index (χ1n) is 7.34. The summed E-state index contributed by atoms with van der Waals surface area (Å²) in [5, 5.41) is 18.6. The van der Waals surface area contributed by atoms with Crippen molar-refractivity contribution in [2.24, 2.45) is 0 Å². The van der Waals surface area contributed by atoms with Crippen LogP contribution in [0.1, 0.15) is 41.5 Å². The zero-order valence-electron chi connectivity index (χ0n) is 12.9. The van der Waals surface area contributed by atoms with E-state index in [1.165, 1.54) is 0 Å². The van der Waals surface area contributed by atoms with Gasteiger partial charge in [0.1, 0.15) is 0 Å². The highest BCUT2D eigenvalue weighted by molar-refractivity contribution is 5.95. The summed E-state index contributed by atoms with van der Waals surface area (Å²) >= 11 is 0. The number of nitrogens with zero attached hydrogens (tertiary/aromatic N) is 3. The van der Waals surface area contributed by atoms with E-state index in [1.807, 2.05) is 13.8 Å². The Morgan fingerprint density at radius 2 is 2.10 bits per heavy atom. The molecule has 0 bridgehead atoms. The van der Waals surface area contributed by atoms with Crippen LogP contribution in [-0.4, -0.2) is 58.5 Å². The fourth-order valence-corrected chi connectivity index (χ4v) is 2.59. The maximum atomic E-state index is 12.6. The summed E-state index contributed by atoms with van der Waals surface area (Å²) in [6, 6.07) is 1.76. The smallest absolute Gasteiger partial charge is 0.255 e. The quantitative estimate of drug-likeness (QED) is 0.895. The molecule has 0 radical (unpaired) electrons. The molecule has 1 fully saturated rings. The zero-order valence-corrected chi connectivity index (χ0v) is 12.9. The highest BCUT2D eigenvalue weighted by Gasteiger charge is 2.33. The molecular weight excluding hydrogens is 270 g/mol. The fourth-order valence-electron chi connectivity index (χ4n) is 2.59. The van der Waals surface area contributed by atoms with Crippen LogP contribution in [0, 0.1) is 6.92 Å². The molecule has 0 saturated carbocycles. The van der Waals surface area contributed by atoms with E-state index in [4.69, 9.17) is 4.74 Å². The molecule has 6 nitrogen and oxygen atoms in total. The zero-order chi connectivity index (χ0) is 15.5. The summed E-state index contributed by atoms with van der Waals surface area (Å²) in [5.41, 5.74) is 1.12. The number of aliphatic hydroxyl groups is 1. The molecule has 0 aliphatic carbocycles. The number of carbonyl (C=O) groups is 1. The van der Waals surface area contributed by atoms with Crippen molar-refractivity contribution >= 4 is 5.91 Å². The SMILES string of the molecule is CCc1nnc(C)cc1C(=O)N(C)CC1(O)CCOCC1. The second-order valence-electron chi connectivity index (χ2n) is 5.70. The molecule has 1 N–H and O–H groups in total. The van der Waals surface area contributed by atoms with Gasteiger partial charge in [-0.3, -0.25) is 4.79 Å². The van der Waals surface area contributed by atoms with Gasteiger partial charge in [0.15, 0.2) is 0 Å². The van der Waals surface area contributed by atoms with E-state index in [9.17, 15) is 9.90 Å². The number of amides is 1. The van der Waals surface area contributed by atoms with Crippen LogP contribution in [0.25, 0.3) is 0 Å². The maximum absolute atomic E-state index is 12.6. The third-order valence-electron chi connectivity index (χ3n) is 3.86. The summed E-state index contributed by atoms with van der Waals surface area (Å²) in [6.07, 6.45) is 1.76. The van der Waals surface area contributed by atoms with E-state index >= 15 is 0 Å². The molecule has 1 aliphatic rings. The average molecular weight is 293 g/mol. The van der Waals surface area contributed by atoms with Gasteiger partial charge < -0.3 is 14.7 Å². The number of ether oxygens (including phenoxy) is 1. The van der Waals surface area contributed by atoms with Crippen LogP contribution in [0.5, 0.6) is 0 Å². The van der Waals surface area contributed by atoms with E-state index in [1.54, 1.807) is 18.0 Å². The molecule has 116 valence electrons. The second-order valence-corrected chi connectivity index (χ2v) is 5.70. The van der Waals surface area contributed by atoms with Gasteiger partial charge in [-0.05, 0) is 19.4 Å². The van der Waals surface area contributed by atoms with Gasteiger partial charge in [-0.2, -0.15) is 10.2 Å². The van der Waals surface area contributed by atoms with E-state index < -0.39 is 5.60 Å². The van der Waals surface area contributed by atoms with Crippen LogP contribution in [-0.2, 0) is 11.2 Å². The molecule has 2 rings (SSSR count). The van der Waals surface area contributed by atoms with Crippen LogP contribution >= 0.6 is 0 Å². The number of hydrogen-bond acceptors (Lipinski definition) is 5.